The van der Waals surface area contributed by atoms with Crippen molar-refractivity contribution >= 4 is 33.2 Å². The molecule has 0 saturated heterocycles. The Labute approximate surface area is 102 Å². The Kier molecular flexibility index (Phi) is 4.76. The molecule has 1 heterocycles. The van der Waals surface area contributed by atoms with Crippen molar-refractivity contribution in [3.05, 3.63) is 20.8 Å². The Morgan fingerprint density at radius 1 is 1.60 bits per heavy atom. The van der Waals surface area contributed by atoms with Crippen LogP contribution in [0, 0.1) is 0 Å². The van der Waals surface area contributed by atoms with Gasteiger partial charge < -0.3 is 4.74 Å². The number of methoxy groups -OCH3 is 1. The van der Waals surface area contributed by atoms with E-state index >= 15 is 0 Å². The van der Waals surface area contributed by atoms with Crippen LogP contribution in [0.4, 0.5) is 0 Å². The maximum atomic E-state index is 11.2. The van der Waals surface area contributed by atoms with Crippen molar-refractivity contribution in [3.8, 4) is 0 Å². The number of carbonyl (C=O) groups excluding carboxylic acids is 1. The molecule has 0 radical (unpaired) electrons. The van der Waals surface area contributed by atoms with E-state index in [1.807, 2.05) is 18.4 Å². The zero-order chi connectivity index (χ0) is 11.4. The van der Waals surface area contributed by atoms with E-state index in [1.165, 1.54) is 12.0 Å². The molecule has 84 valence electrons. The number of rotatable bonds is 4. The molecule has 0 amide bonds. The van der Waals surface area contributed by atoms with Crippen LogP contribution < -0.4 is 5.32 Å². The molecule has 5 heteroatoms. The summed E-state index contributed by atoms with van der Waals surface area (Å²) in [4.78, 5) is 12.4. The number of nitrogens with one attached hydrogen (secondary N) is 1. The summed E-state index contributed by atoms with van der Waals surface area (Å²) >= 11 is 5.06. The summed E-state index contributed by atoms with van der Waals surface area (Å²) in [5, 5.41) is 5.20. The normalized spacial score (nSPS) is 14.7. The average Bonchev–Trinajstić information content (AvgIpc) is 2.63. The van der Waals surface area contributed by atoms with Crippen molar-refractivity contribution in [2.75, 3.05) is 7.11 Å². The molecule has 0 aliphatic carbocycles. The fraction of sp³-hybridized carbons (Fsp3) is 0.500. The molecule has 0 aliphatic rings. The Morgan fingerprint density at radius 2 is 2.27 bits per heavy atom. The molecule has 0 fully saturated rings. The summed E-state index contributed by atoms with van der Waals surface area (Å²) in [5.74, 6) is -0.238. The van der Waals surface area contributed by atoms with Crippen LogP contribution in [0.5, 0.6) is 0 Å². The van der Waals surface area contributed by atoms with Gasteiger partial charge in [-0.05, 0) is 35.8 Å². The van der Waals surface area contributed by atoms with E-state index in [1.54, 1.807) is 18.3 Å². The molecular formula is C10H14BrNO2S. The molecule has 0 aliphatic heterocycles. The Hall–Kier alpha value is -0.390. The first-order chi connectivity index (χ1) is 7.04. The van der Waals surface area contributed by atoms with Gasteiger partial charge in [0.1, 0.15) is 6.04 Å². The topological polar surface area (TPSA) is 38.3 Å². The summed E-state index contributed by atoms with van der Waals surface area (Å²) in [5.41, 5.74) is 0. The van der Waals surface area contributed by atoms with Gasteiger partial charge in [0.2, 0.25) is 0 Å². The summed E-state index contributed by atoms with van der Waals surface area (Å²) in [6, 6.07) is 1.91. The maximum Gasteiger partial charge on any atom is 0.322 e. The van der Waals surface area contributed by atoms with Crippen LogP contribution in [0.2, 0.25) is 0 Å². The lowest BCUT2D eigenvalue weighted by Crippen LogP contribution is -2.36. The smallest absolute Gasteiger partial charge is 0.322 e. The third kappa shape index (κ3) is 3.59. The van der Waals surface area contributed by atoms with E-state index in [4.69, 9.17) is 0 Å². The van der Waals surface area contributed by atoms with E-state index in [0.717, 1.165) is 4.47 Å². The van der Waals surface area contributed by atoms with Gasteiger partial charge in [-0.25, -0.2) is 0 Å². The highest BCUT2D eigenvalue weighted by Crippen LogP contribution is 2.25. The van der Waals surface area contributed by atoms with Crippen molar-refractivity contribution in [1.82, 2.24) is 5.32 Å². The second-order valence-corrected chi connectivity index (χ2v) is 5.16. The van der Waals surface area contributed by atoms with Gasteiger partial charge in [0.25, 0.3) is 0 Å². The van der Waals surface area contributed by atoms with Gasteiger partial charge in [-0.15, -0.1) is 11.3 Å². The first-order valence-corrected chi connectivity index (χ1v) is 6.29. The number of thiophene rings is 1. The lowest BCUT2D eigenvalue weighted by molar-refractivity contribution is -0.142. The van der Waals surface area contributed by atoms with E-state index in [-0.39, 0.29) is 18.1 Å². The molecule has 2 atom stereocenters. The molecule has 0 bridgehead atoms. The number of carbonyl (C=O) groups is 1. The maximum absolute atomic E-state index is 11.2. The summed E-state index contributed by atoms with van der Waals surface area (Å²) in [6.07, 6.45) is 0. The van der Waals surface area contributed by atoms with Gasteiger partial charge in [-0.3, -0.25) is 10.1 Å². The van der Waals surface area contributed by atoms with Gasteiger partial charge in [0.15, 0.2) is 0 Å². The van der Waals surface area contributed by atoms with Crippen molar-refractivity contribution < 1.29 is 9.53 Å². The Balaban J connectivity index is 2.55. The third-order valence-electron chi connectivity index (χ3n) is 2.07. The lowest BCUT2D eigenvalue weighted by Gasteiger charge is -2.16. The second-order valence-electron chi connectivity index (χ2n) is 3.30. The summed E-state index contributed by atoms with van der Waals surface area (Å²) < 4.78 is 5.72. The quantitative estimate of drug-likeness (QED) is 0.867. The molecule has 0 aromatic carbocycles. The number of hydrogen-bond acceptors (Lipinski definition) is 4. The molecule has 0 saturated carbocycles. The predicted molar refractivity (Wildman–Crippen MR) is 65.0 cm³/mol. The number of hydrogen-bond donors (Lipinski definition) is 1. The van der Waals surface area contributed by atoms with E-state index in [2.05, 4.69) is 26.0 Å². The standard InChI is InChI=1S/C10H14BrNO2S/c1-6(9-4-8(11)5-15-9)12-7(2)10(13)14-3/h4-7,12H,1-3H3/t6?,7-/m0/s1. The molecule has 1 rings (SSSR count). The second kappa shape index (κ2) is 5.63. The molecule has 3 nitrogen and oxygen atoms in total. The van der Waals surface area contributed by atoms with Crippen molar-refractivity contribution in [1.29, 1.82) is 0 Å². The lowest BCUT2D eigenvalue weighted by atomic mass is 10.2. The van der Waals surface area contributed by atoms with E-state index in [9.17, 15) is 4.79 Å². The first-order valence-electron chi connectivity index (χ1n) is 4.62. The molecule has 0 spiro atoms. The van der Waals surface area contributed by atoms with Crippen LogP contribution in [0.1, 0.15) is 24.8 Å². The minimum Gasteiger partial charge on any atom is -0.468 e. The van der Waals surface area contributed by atoms with Gasteiger partial charge in [0, 0.05) is 20.8 Å². The number of esters is 1. The monoisotopic (exact) mass is 291 g/mol. The van der Waals surface area contributed by atoms with Gasteiger partial charge in [-0.2, -0.15) is 0 Å². The molecule has 1 aromatic rings. The third-order valence-corrected chi connectivity index (χ3v) is 3.95. The van der Waals surface area contributed by atoms with Gasteiger partial charge >= 0.3 is 5.97 Å². The highest BCUT2D eigenvalue weighted by atomic mass is 79.9. The predicted octanol–water partition coefficient (Wildman–Crippen LogP) is 2.72. The van der Waals surface area contributed by atoms with Crippen LogP contribution in [0.25, 0.3) is 0 Å². The van der Waals surface area contributed by atoms with Crippen molar-refractivity contribution in [2.45, 2.75) is 25.9 Å². The van der Waals surface area contributed by atoms with Crippen LogP contribution in [0.15, 0.2) is 15.9 Å². The van der Waals surface area contributed by atoms with E-state index in [0.29, 0.717) is 0 Å². The summed E-state index contributed by atoms with van der Waals surface area (Å²) in [6.45, 7) is 3.82. The SMILES string of the molecule is COC(=O)[C@H](C)NC(C)c1cc(Br)cs1. The molecule has 1 unspecified atom stereocenters. The fourth-order valence-electron chi connectivity index (χ4n) is 1.26. The largest absolute Gasteiger partial charge is 0.468 e. The Morgan fingerprint density at radius 3 is 2.73 bits per heavy atom. The van der Waals surface area contributed by atoms with Gasteiger partial charge in [-0.1, -0.05) is 0 Å². The number of halogens is 1. The molecule has 15 heavy (non-hydrogen) atoms. The van der Waals surface area contributed by atoms with Crippen molar-refractivity contribution in [3.63, 3.8) is 0 Å². The van der Waals surface area contributed by atoms with Crippen LogP contribution in [-0.4, -0.2) is 19.1 Å². The number of ether oxygens (including phenoxy) is 1. The highest BCUT2D eigenvalue weighted by Gasteiger charge is 2.17. The summed E-state index contributed by atoms with van der Waals surface area (Å²) in [7, 11) is 1.40. The van der Waals surface area contributed by atoms with Gasteiger partial charge in [0.05, 0.1) is 7.11 Å². The average molecular weight is 292 g/mol. The molecule has 1 aromatic heterocycles. The minimum atomic E-state index is -0.286. The zero-order valence-electron chi connectivity index (χ0n) is 8.91. The fourth-order valence-corrected chi connectivity index (χ4v) is 2.72. The molecular weight excluding hydrogens is 278 g/mol. The van der Waals surface area contributed by atoms with Crippen LogP contribution in [-0.2, 0) is 9.53 Å². The van der Waals surface area contributed by atoms with Crippen LogP contribution >= 0.6 is 27.3 Å². The van der Waals surface area contributed by atoms with E-state index < -0.39 is 0 Å². The molecule has 1 N–H and O–H groups in total. The minimum absolute atomic E-state index is 0.149. The zero-order valence-corrected chi connectivity index (χ0v) is 11.3. The van der Waals surface area contributed by atoms with Crippen molar-refractivity contribution in [2.24, 2.45) is 0 Å². The first kappa shape index (κ1) is 12.7. The highest BCUT2D eigenvalue weighted by molar-refractivity contribution is 9.10. The Bertz CT molecular complexity index is 340. The van der Waals surface area contributed by atoms with Crippen LogP contribution in [0.3, 0.4) is 0 Å².